The van der Waals surface area contributed by atoms with E-state index in [1.165, 1.54) is 50.8 Å². The third-order valence-corrected chi connectivity index (χ3v) is 18.6. The molecule has 2 atom stereocenters. The lowest BCUT2D eigenvalue weighted by molar-refractivity contribution is 0.0740. The first-order chi connectivity index (χ1) is 32.6. The maximum absolute atomic E-state index is 13.8. The van der Waals surface area contributed by atoms with E-state index in [0.717, 1.165) is 109 Å². The summed E-state index contributed by atoms with van der Waals surface area (Å²) >= 11 is 3.72. The number of aromatic amines is 2. The highest BCUT2D eigenvalue weighted by Crippen LogP contribution is 2.43. The van der Waals surface area contributed by atoms with Crippen molar-refractivity contribution in [3.8, 4) is 0 Å². The minimum atomic E-state index is -0.0827. The summed E-state index contributed by atoms with van der Waals surface area (Å²) in [6.45, 7) is 26.2. The molecule has 68 heavy (non-hydrogen) atoms. The van der Waals surface area contributed by atoms with Gasteiger partial charge in [0.05, 0.1) is 29.9 Å². The van der Waals surface area contributed by atoms with Crippen molar-refractivity contribution in [2.75, 3.05) is 39.3 Å². The van der Waals surface area contributed by atoms with Gasteiger partial charge in [-0.2, -0.15) is 0 Å². The molecule has 0 aromatic carbocycles. The molecule has 2 saturated heterocycles. The number of fused-ring (bicyclic) bond motifs is 2. The highest BCUT2D eigenvalue weighted by atomic mass is 32.1. The quantitative estimate of drug-likeness (QED) is 0.127. The molecule has 0 bridgehead atoms. The first-order valence-corrected chi connectivity index (χ1v) is 26.8. The molecular formula is C55H73N7O4S2. The number of H-pyrrole nitrogens is 2. The summed E-state index contributed by atoms with van der Waals surface area (Å²) in [4.78, 5) is 74.6. The van der Waals surface area contributed by atoms with Crippen LogP contribution in [-0.2, 0) is 32.5 Å². The summed E-state index contributed by atoms with van der Waals surface area (Å²) in [6.07, 6.45) is 8.52. The molecule has 3 N–H and O–H groups in total. The van der Waals surface area contributed by atoms with E-state index in [1.54, 1.807) is 0 Å². The van der Waals surface area contributed by atoms with Crippen LogP contribution in [0.5, 0.6) is 0 Å². The van der Waals surface area contributed by atoms with E-state index >= 15 is 0 Å². The standard InChI is InChI=1S/C31H40N4O2S.C24H33N3O2S/c1-19-16-21(3)33-30(36)26(19)18-35-13-7-10-27-28(31(35)37)23(5)29(38-27)22(4)24-11-14-34(15-12-24)17-25-9-6-8-20(2)32-25;1-14-12-15(2)26-23(28)19(14)13-27-11-5-6-20-21(24(27)29)17(4)22(30-20)16(3)18-7-9-25-10-8-18/h6,8-9,16,22,24H,7,10-15,17-18H2,1-5H3,(H,33,36);12,16,18,25H,5-11,13H2,1-4H3,(H,26,28)/t22-;16-/m11/s1. The maximum atomic E-state index is 13.8. The van der Waals surface area contributed by atoms with Crippen LogP contribution >= 0.6 is 22.7 Å². The summed E-state index contributed by atoms with van der Waals surface area (Å²) in [5.74, 6) is 2.43. The molecule has 11 nitrogen and oxygen atoms in total. The third kappa shape index (κ3) is 10.9. The number of aromatic nitrogens is 3. The second kappa shape index (κ2) is 21.5. The van der Waals surface area contributed by atoms with Crippen LogP contribution in [0.3, 0.4) is 0 Å². The predicted molar refractivity (Wildman–Crippen MR) is 277 cm³/mol. The molecule has 4 aliphatic rings. The van der Waals surface area contributed by atoms with Crippen molar-refractivity contribution >= 4 is 34.5 Å². The number of aryl methyl sites for hydroxylation is 7. The molecule has 0 saturated carbocycles. The Morgan fingerprint density at radius 2 is 1.10 bits per heavy atom. The molecule has 364 valence electrons. The van der Waals surface area contributed by atoms with Crippen molar-refractivity contribution < 1.29 is 9.59 Å². The monoisotopic (exact) mass is 960 g/mol. The fourth-order valence-electron chi connectivity index (χ4n) is 11.5. The van der Waals surface area contributed by atoms with Crippen LogP contribution in [0.15, 0.2) is 39.9 Å². The summed E-state index contributed by atoms with van der Waals surface area (Å²) < 4.78 is 0. The second-order valence-electron chi connectivity index (χ2n) is 20.4. The van der Waals surface area contributed by atoms with E-state index in [0.29, 0.717) is 61.0 Å². The molecule has 0 unspecified atom stereocenters. The van der Waals surface area contributed by atoms with Gasteiger partial charge in [0.2, 0.25) is 0 Å². The molecular weight excluding hydrogens is 887 g/mol. The Bertz CT molecular complexity index is 2750. The Morgan fingerprint density at radius 1 is 0.632 bits per heavy atom. The zero-order chi connectivity index (χ0) is 48.4. The summed E-state index contributed by atoms with van der Waals surface area (Å²) in [5, 5.41) is 3.46. The molecule has 0 aliphatic carbocycles. The van der Waals surface area contributed by atoms with Crippen LogP contribution in [0.4, 0.5) is 0 Å². The maximum Gasteiger partial charge on any atom is 0.255 e. The average Bonchev–Trinajstić information content (AvgIpc) is 3.69. The first kappa shape index (κ1) is 49.7. The van der Waals surface area contributed by atoms with Crippen LogP contribution in [0.25, 0.3) is 0 Å². The van der Waals surface area contributed by atoms with Gasteiger partial charge in [-0.3, -0.25) is 29.1 Å². The van der Waals surface area contributed by atoms with Crippen LogP contribution in [-0.4, -0.2) is 80.7 Å². The largest absolute Gasteiger partial charge is 0.334 e. The summed E-state index contributed by atoms with van der Waals surface area (Å²) in [7, 11) is 0. The molecule has 2 amide bonds. The SMILES string of the molecule is Cc1cc(C)c(CN2CCCc3sc([C@H](C)C4CCNCC4)c(C)c3C2=O)c(=O)[nH]1.Cc1cccc(CN2CCC([C@@H](C)c3sc4c(c3C)C(=O)N(Cc3c(C)cc(C)[nH]c3=O)CCC4)CC2)n1. The number of pyridine rings is 3. The lowest BCUT2D eigenvalue weighted by atomic mass is 9.83. The number of carbonyl (C=O) groups excluding carboxylic acids is 2. The number of likely N-dealkylation sites (tertiary alicyclic amines) is 1. The van der Waals surface area contributed by atoms with Gasteiger partial charge < -0.3 is 25.1 Å². The Hall–Kier alpha value is -4.69. The van der Waals surface area contributed by atoms with Gasteiger partial charge in [-0.15, -0.1) is 22.7 Å². The minimum Gasteiger partial charge on any atom is -0.334 e. The molecule has 5 aromatic rings. The average molecular weight is 960 g/mol. The van der Waals surface area contributed by atoms with Crippen molar-refractivity contribution in [3.05, 3.63) is 138 Å². The van der Waals surface area contributed by atoms with E-state index in [4.69, 9.17) is 0 Å². The number of hydrogen-bond donors (Lipinski definition) is 3. The topological polar surface area (TPSA) is 134 Å². The van der Waals surface area contributed by atoms with Crippen molar-refractivity contribution in [3.63, 3.8) is 0 Å². The molecule has 5 aromatic heterocycles. The summed E-state index contributed by atoms with van der Waals surface area (Å²) in [6, 6.07) is 10.2. The number of carbonyl (C=O) groups is 2. The molecule has 0 spiro atoms. The molecule has 9 rings (SSSR count). The van der Waals surface area contributed by atoms with Gasteiger partial charge in [-0.25, -0.2) is 0 Å². The van der Waals surface area contributed by atoms with Gasteiger partial charge in [-0.05, 0) is 196 Å². The number of nitrogens with one attached hydrogen (secondary N) is 3. The lowest BCUT2D eigenvalue weighted by Crippen LogP contribution is -2.35. The molecule has 13 heteroatoms. The van der Waals surface area contributed by atoms with Gasteiger partial charge in [0.15, 0.2) is 0 Å². The zero-order valence-electron chi connectivity index (χ0n) is 42.0. The number of nitrogens with zero attached hydrogens (tertiary/aromatic N) is 4. The van der Waals surface area contributed by atoms with Gasteiger partial charge >= 0.3 is 0 Å². The number of thiophene rings is 2. The van der Waals surface area contributed by atoms with Gasteiger partial charge in [-0.1, -0.05) is 19.9 Å². The van der Waals surface area contributed by atoms with Gasteiger partial charge in [0.1, 0.15) is 0 Å². The van der Waals surface area contributed by atoms with Crippen LogP contribution in [0.2, 0.25) is 0 Å². The highest BCUT2D eigenvalue weighted by Gasteiger charge is 2.35. The van der Waals surface area contributed by atoms with Crippen molar-refractivity contribution in [2.45, 2.75) is 145 Å². The van der Waals surface area contributed by atoms with E-state index in [2.05, 4.69) is 78.0 Å². The molecule has 2 fully saturated rings. The van der Waals surface area contributed by atoms with E-state index in [-0.39, 0.29) is 22.9 Å². The number of hydrogen-bond acceptors (Lipinski definition) is 9. The predicted octanol–water partition coefficient (Wildman–Crippen LogP) is 9.72. The Kier molecular flexibility index (Phi) is 15.7. The van der Waals surface area contributed by atoms with Crippen LogP contribution in [0.1, 0.15) is 161 Å². The highest BCUT2D eigenvalue weighted by molar-refractivity contribution is 7.13. The van der Waals surface area contributed by atoms with Gasteiger partial charge in [0.25, 0.3) is 22.9 Å². The molecule has 4 aliphatic heterocycles. The van der Waals surface area contributed by atoms with Gasteiger partial charge in [0, 0.05) is 67.4 Å². The molecule has 0 radical (unpaired) electrons. The normalized spacial score (nSPS) is 18.4. The lowest BCUT2D eigenvalue weighted by Gasteiger charge is -2.34. The Morgan fingerprint density at radius 3 is 1.56 bits per heavy atom. The van der Waals surface area contributed by atoms with E-state index < -0.39 is 0 Å². The van der Waals surface area contributed by atoms with Crippen molar-refractivity contribution in [1.82, 2.24) is 35.0 Å². The van der Waals surface area contributed by atoms with E-state index in [9.17, 15) is 19.2 Å². The van der Waals surface area contributed by atoms with Crippen LogP contribution < -0.4 is 16.4 Å². The van der Waals surface area contributed by atoms with Crippen molar-refractivity contribution in [1.29, 1.82) is 0 Å². The number of rotatable bonds is 10. The molecule has 9 heterocycles. The first-order valence-electron chi connectivity index (χ1n) is 25.1. The van der Waals surface area contributed by atoms with Crippen molar-refractivity contribution in [2.24, 2.45) is 11.8 Å². The second-order valence-corrected chi connectivity index (χ2v) is 22.6. The third-order valence-electron chi connectivity index (χ3n) is 15.5. The fourth-order valence-corrected chi connectivity index (χ4v) is 14.5. The number of piperidine rings is 2. The minimum absolute atomic E-state index is 0.0768. The Labute approximate surface area is 411 Å². The van der Waals surface area contributed by atoms with E-state index in [1.807, 2.05) is 72.3 Å². The zero-order valence-corrected chi connectivity index (χ0v) is 43.6. The fraction of sp³-hybridized carbons (Fsp3) is 0.545. The summed E-state index contributed by atoms with van der Waals surface area (Å²) in [5.41, 5.74) is 11.2. The Balaban J connectivity index is 0.000000189. The van der Waals surface area contributed by atoms with Crippen LogP contribution in [0, 0.1) is 60.3 Å². The number of amides is 2. The smallest absolute Gasteiger partial charge is 0.255 e.